The van der Waals surface area contributed by atoms with E-state index in [1.165, 1.54) is 43.2 Å². The summed E-state index contributed by atoms with van der Waals surface area (Å²) in [6.45, 7) is 12.3. The van der Waals surface area contributed by atoms with E-state index in [9.17, 15) is 0 Å². The predicted molar refractivity (Wildman–Crippen MR) is 92.4 cm³/mol. The lowest BCUT2D eigenvalue weighted by atomic mass is 9.66. The molecule has 0 amide bonds. The van der Waals surface area contributed by atoms with Crippen LogP contribution in [0.3, 0.4) is 0 Å². The molecule has 21 heavy (non-hydrogen) atoms. The lowest BCUT2D eigenvalue weighted by Gasteiger charge is -2.41. The summed E-state index contributed by atoms with van der Waals surface area (Å²) in [6, 6.07) is 8.77. The molecule has 2 unspecified atom stereocenters. The van der Waals surface area contributed by atoms with Crippen LogP contribution >= 0.6 is 0 Å². The number of allylic oxidation sites excluding steroid dienone is 1. The van der Waals surface area contributed by atoms with Gasteiger partial charge in [-0.25, -0.2) is 0 Å². The fourth-order valence-electron chi connectivity index (χ4n) is 3.57. The van der Waals surface area contributed by atoms with Crippen LogP contribution in [-0.4, -0.2) is 6.54 Å². The quantitative estimate of drug-likeness (QED) is 0.753. The zero-order valence-electron chi connectivity index (χ0n) is 14.0. The second kappa shape index (κ2) is 7.15. The summed E-state index contributed by atoms with van der Waals surface area (Å²) in [7, 11) is 0. The summed E-state index contributed by atoms with van der Waals surface area (Å²) >= 11 is 0. The van der Waals surface area contributed by atoms with Crippen LogP contribution in [0.2, 0.25) is 0 Å². The largest absolute Gasteiger partial charge is 0.388 e. The standard InChI is InChI=1S/C20H31N/c1-5-20(4)13-7-6-8-19(20)15-21-17(3)14-18-11-9-16(2)10-12-18/h9-12,19,21H,3,5-8,13-15H2,1-2,4H3. The normalized spacial score (nSPS) is 25.6. The third-order valence-corrected chi connectivity index (χ3v) is 5.48. The van der Waals surface area contributed by atoms with Crippen LogP contribution < -0.4 is 5.32 Å². The van der Waals surface area contributed by atoms with Gasteiger partial charge >= 0.3 is 0 Å². The molecule has 1 aromatic carbocycles. The number of benzene rings is 1. The maximum Gasteiger partial charge on any atom is 0.0177 e. The van der Waals surface area contributed by atoms with Crippen LogP contribution in [0.25, 0.3) is 0 Å². The third kappa shape index (κ3) is 4.36. The van der Waals surface area contributed by atoms with Crippen molar-refractivity contribution in [2.75, 3.05) is 6.54 Å². The first kappa shape index (κ1) is 16.1. The average molecular weight is 285 g/mol. The van der Waals surface area contributed by atoms with Crippen molar-refractivity contribution in [3.63, 3.8) is 0 Å². The van der Waals surface area contributed by atoms with E-state index >= 15 is 0 Å². The van der Waals surface area contributed by atoms with Gasteiger partial charge in [0.15, 0.2) is 0 Å². The first-order chi connectivity index (χ1) is 10.0. The van der Waals surface area contributed by atoms with Gasteiger partial charge < -0.3 is 5.32 Å². The van der Waals surface area contributed by atoms with Crippen LogP contribution in [0, 0.1) is 18.3 Å². The van der Waals surface area contributed by atoms with Gasteiger partial charge in [-0.05, 0) is 36.7 Å². The third-order valence-electron chi connectivity index (χ3n) is 5.48. The van der Waals surface area contributed by atoms with Crippen LogP contribution in [0.5, 0.6) is 0 Å². The molecule has 1 aliphatic carbocycles. The van der Waals surface area contributed by atoms with Gasteiger partial charge in [-0.3, -0.25) is 0 Å². The Balaban J connectivity index is 1.84. The minimum atomic E-state index is 0.523. The molecule has 1 aliphatic rings. The molecule has 0 radical (unpaired) electrons. The number of hydrogen-bond acceptors (Lipinski definition) is 1. The van der Waals surface area contributed by atoms with Crippen molar-refractivity contribution in [3.05, 3.63) is 47.7 Å². The maximum atomic E-state index is 4.22. The molecule has 116 valence electrons. The Morgan fingerprint density at radius 1 is 1.29 bits per heavy atom. The number of nitrogens with one attached hydrogen (secondary N) is 1. The Morgan fingerprint density at radius 2 is 2.00 bits per heavy atom. The summed E-state index contributed by atoms with van der Waals surface area (Å²) in [5, 5.41) is 3.61. The monoisotopic (exact) mass is 285 g/mol. The molecule has 0 bridgehead atoms. The van der Waals surface area contributed by atoms with Gasteiger partial charge in [-0.2, -0.15) is 0 Å². The Hall–Kier alpha value is -1.24. The molecule has 1 saturated carbocycles. The fourth-order valence-corrected chi connectivity index (χ4v) is 3.57. The molecule has 2 rings (SSSR count). The van der Waals surface area contributed by atoms with Crippen molar-refractivity contribution in [1.29, 1.82) is 0 Å². The van der Waals surface area contributed by atoms with Crippen molar-refractivity contribution in [3.8, 4) is 0 Å². The first-order valence-electron chi connectivity index (χ1n) is 8.50. The van der Waals surface area contributed by atoms with Gasteiger partial charge in [0.25, 0.3) is 0 Å². The molecule has 1 fully saturated rings. The summed E-state index contributed by atoms with van der Waals surface area (Å²) in [5.41, 5.74) is 4.34. The average Bonchev–Trinajstić information content (AvgIpc) is 2.49. The maximum absolute atomic E-state index is 4.22. The second-order valence-electron chi connectivity index (χ2n) is 7.10. The minimum Gasteiger partial charge on any atom is -0.388 e. The molecule has 1 aromatic rings. The fraction of sp³-hybridized carbons (Fsp3) is 0.600. The van der Waals surface area contributed by atoms with E-state index in [1.807, 2.05) is 0 Å². The zero-order valence-corrected chi connectivity index (χ0v) is 14.0. The van der Waals surface area contributed by atoms with E-state index in [-0.39, 0.29) is 0 Å². The predicted octanol–water partition coefficient (Wildman–Crippen LogP) is 5.25. The second-order valence-corrected chi connectivity index (χ2v) is 7.10. The lowest BCUT2D eigenvalue weighted by molar-refractivity contribution is 0.111. The van der Waals surface area contributed by atoms with Crippen LogP contribution in [-0.2, 0) is 6.42 Å². The SMILES string of the molecule is C=C(Cc1ccc(C)cc1)NCC1CCCCC1(C)CC. The van der Waals surface area contributed by atoms with E-state index < -0.39 is 0 Å². The van der Waals surface area contributed by atoms with Crippen LogP contribution in [0.4, 0.5) is 0 Å². The summed E-state index contributed by atoms with van der Waals surface area (Å²) in [4.78, 5) is 0. The highest BCUT2D eigenvalue weighted by Gasteiger charge is 2.34. The van der Waals surface area contributed by atoms with Crippen molar-refractivity contribution < 1.29 is 0 Å². The lowest BCUT2D eigenvalue weighted by Crippen LogP contribution is -2.37. The Labute approximate surface area is 130 Å². The van der Waals surface area contributed by atoms with Gasteiger partial charge in [0, 0.05) is 18.7 Å². The topological polar surface area (TPSA) is 12.0 Å². The molecule has 0 aliphatic heterocycles. The molecule has 2 atom stereocenters. The summed E-state index contributed by atoms with van der Waals surface area (Å²) in [5.74, 6) is 0.797. The molecular formula is C20H31N. The summed E-state index contributed by atoms with van der Waals surface area (Å²) < 4.78 is 0. The van der Waals surface area contributed by atoms with Gasteiger partial charge in [-0.1, -0.05) is 69.5 Å². The minimum absolute atomic E-state index is 0.523. The zero-order chi connectivity index (χ0) is 15.3. The number of hydrogen-bond donors (Lipinski definition) is 1. The van der Waals surface area contributed by atoms with Crippen molar-refractivity contribution >= 4 is 0 Å². The van der Waals surface area contributed by atoms with Crippen molar-refractivity contribution in [2.45, 2.75) is 59.3 Å². The smallest absolute Gasteiger partial charge is 0.0177 e. The van der Waals surface area contributed by atoms with E-state index in [0.717, 1.165) is 24.6 Å². The number of rotatable bonds is 6. The highest BCUT2D eigenvalue weighted by molar-refractivity contribution is 5.24. The van der Waals surface area contributed by atoms with Crippen LogP contribution in [0.15, 0.2) is 36.5 Å². The molecule has 0 heterocycles. The van der Waals surface area contributed by atoms with Gasteiger partial charge in [0.1, 0.15) is 0 Å². The Kier molecular flexibility index (Phi) is 5.50. The highest BCUT2D eigenvalue weighted by atomic mass is 14.9. The molecule has 0 aromatic heterocycles. The van der Waals surface area contributed by atoms with E-state index in [1.54, 1.807) is 0 Å². The first-order valence-corrected chi connectivity index (χ1v) is 8.50. The Bertz CT molecular complexity index is 459. The van der Waals surface area contributed by atoms with Crippen LogP contribution in [0.1, 0.15) is 57.1 Å². The summed E-state index contributed by atoms with van der Waals surface area (Å²) in [6.07, 6.45) is 7.80. The van der Waals surface area contributed by atoms with Gasteiger partial charge in [0.2, 0.25) is 0 Å². The van der Waals surface area contributed by atoms with Crippen molar-refractivity contribution in [1.82, 2.24) is 5.32 Å². The number of aryl methyl sites for hydroxylation is 1. The van der Waals surface area contributed by atoms with Crippen molar-refractivity contribution in [2.24, 2.45) is 11.3 Å². The molecule has 0 spiro atoms. The van der Waals surface area contributed by atoms with Gasteiger partial charge in [0.05, 0.1) is 0 Å². The molecule has 1 heteroatoms. The molecular weight excluding hydrogens is 254 g/mol. The molecule has 0 saturated heterocycles. The molecule has 1 nitrogen and oxygen atoms in total. The van der Waals surface area contributed by atoms with E-state index in [2.05, 4.69) is 56.9 Å². The van der Waals surface area contributed by atoms with Gasteiger partial charge in [-0.15, -0.1) is 0 Å². The highest BCUT2D eigenvalue weighted by Crippen LogP contribution is 2.43. The van der Waals surface area contributed by atoms with E-state index in [4.69, 9.17) is 0 Å². The Morgan fingerprint density at radius 3 is 2.67 bits per heavy atom. The molecule has 1 N–H and O–H groups in total. The van der Waals surface area contributed by atoms with E-state index in [0.29, 0.717) is 5.41 Å².